The van der Waals surface area contributed by atoms with Crippen molar-refractivity contribution >= 4 is 15.9 Å². The topological polar surface area (TPSA) is 22.1 Å². The highest BCUT2D eigenvalue weighted by Gasteiger charge is 2.37. The fraction of sp³-hybridized carbons (Fsp3) is 0.375. The Hall–Kier alpha value is -1.06. The van der Waals surface area contributed by atoms with E-state index in [2.05, 4.69) is 25.7 Å². The molecule has 0 spiro atoms. The quantitative estimate of drug-likeness (QED) is 0.593. The molecular weight excluding hydrogens is 339 g/mol. The predicted molar refractivity (Wildman–Crippen MR) is 48.4 cm³/mol. The van der Waals surface area contributed by atoms with Gasteiger partial charge >= 0.3 is 12.5 Å². The summed E-state index contributed by atoms with van der Waals surface area (Å²) in [7, 11) is 0. The van der Waals surface area contributed by atoms with Gasteiger partial charge in [0.05, 0.1) is 5.56 Å². The normalized spacial score (nSPS) is 12.7. The van der Waals surface area contributed by atoms with Crippen LogP contribution in [0.25, 0.3) is 0 Å². The first-order valence-electron chi connectivity index (χ1n) is 4.13. The van der Waals surface area contributed by atoms with Crippen LogP contribution in [0.5, 0.6) is 5.88 Å². The van der Waals surface area contributed by atoms with Crippen LogP contribution in [-0.4, -0.2) is 11.3 Å². The Kier molecular flexibility index (Phi) is 4.08. The average Bonchev–Trinajstić information content (AvgIpc) is 2.13. The van der Waals surface area contributed by atoms with Gasteiger partial charge in [0.15, 0.2) is 0 Å². The third-order valence-corrected chi connectivity index (χ3v) is 2.28. The minimum absolute atomic E-state index is 0.207. The number of hydrogen-bond donors (Lipinski definition) is 0. The molecule has 1 rings (SSSR count). The van der Waals surface area contributed by atoms with Gasteiger partial charge in [-0.25, -0.2) is 9.37 Å². The van der Waals surface area contributed by atoms with E-state index in [4.69, 9.17) is 0 Å². The zero-order valence-electron chi connectivity index (χ0n) is 8.16. The van der Waals surface area contributed by atoms with E-state index < -0.39 is 40.8 Å². The summed E-state index contributed by atoms with van der Waals surface area (Å²) >= 11 is 2.35. The van der Waals surface area contributed by atoms with Crippen LogP contribution < -0.4 is 4.74 Å². The lowest BCUT2D eigenvalue weighted by molar-refractivity contribution is -0.276. The van der Waals surface area contributed by atoms with E-state index in [1.807, 2.05) is 0 Å². The van der Waals surface area contributed by atoms with Gasteiger partial charge in [0.1, 0.15) is 11.3 Å². The summed E-state index contributed by atoms with van der Waals surface area (Å²) in [5.41, 5.74) is -2.33. The van der Waals surface area contributed by atoms with Gasteiger partial charge in [-0.15, -0.1) is 13.2 Å². The van der Waals surface area contributed by atoms with Crippen LogP contribution in [0.15, 0.2) is 10.7 Å². The summed E-state index contributed by atoms with van der Waals surface area (Å²) < 4.78 is 87.6. The molecule has 18 heavy (non-hydrogen) atoms. The van der Waals surface area contributed by atoms with Crippen molar-refractivity contribution < 1.29 is 35.5 Å². The molecule has 0 aliphatic heterocycles. The Bertz CT molecular complexity index is 442. The van der Waals surface area contributed by atoms with E-state index in [9.17, 15) is 30.7 Å². The predicted octanol–water partition coefficient (Wildman–Crippen LogP) is 4.23. The largest absolute Gasteiger partial charge is 0.574 e. The molecule has 0 saturated heterocycles. The minimum Gasteiger partial charge on any atom is -0.387 e. The standard InChI is InChI=1S/C8H3BrF7NO/c9-5-4(7(11,12)13)1-3(2-10)6(17-5)18-8(14,15)16/h1H,2H2. The molecule has 10 heteroatoms. The van der Waals surface area contributed by atoms with Crippen LogP contribution in [0, 0.1) is 0 Å². The number of halogens is 8. The number of rotatable bonds is 2. The van der Waals surface area contributed by atoms with Crippen LogP contribution in [0.2, 0.25) is 0 Å². The Morgan fingerprint density at radius 2 is 1.72 bits per heavy atom. The highest BCUT2D eigenvalue weighted by molar-refractivity contribution is 9.10. The van der Waals surface area contributed by atoms with Crippen molar-refractivity contribution in [3.8, 4) is 5.88 Å². The second-order valence-electron chi connectivity index (χ2n) is 2.97. The SMILES string of the molecule is FCc1cc(C(F)(F)F)c(Br)nc1OC(F)(F)F. The number of aromatic nitrogens is 1. The van der Waals surface area contributed by atoms with Crippen molar-refractivity contribution in [2.24, 2.45) is 0 Å². The van der Waals surface area contributed by atoms with E-state index in [1.54, 1.807) is 0 Å². The molecule has 1 aromatic rings. The summed E-state index contributed by atoms with van der Waals surface area (Å²) in [6.45, 7) is -1.57. The average molecular weight is 342 g/mol. The van der Waals surface area contributed by atoms with Gasteiger partial charge in [-0.05, 0) is 22.0 Å². The molecule has 0 aliphatic carbocycles. The molecule has 1 heterocycles. The highest BCUT2D eigenvalue weighted by Crippen LogP contribution is 2.37. The van der Waals surface area contributed by atoms with Gasteiger partial charge in [-0.1, -0.05) is 0 Å². The fourth-order valence-corrected chi connectivity index (χ4v) is 1.51. The lowest BCUT2D eigenvalue weighted by Gasteiger charge is -2.14. The highest BCUT2D eigenvalue weighted by atomic mass is 79.9. The van der Waals surface area contributed by atoms with Gasteiger partial charge in [0.2, 0.25) is 5.88 Å². The summed E-state index contributed by atoms with van der Waals surface area (Å²) in [4.78, 5) is 2.91. The molecule has 0 aromatic carbocycles. The molecule has 0 amide bonds. The Morgan fingerprint density at radius 3 is 2.11 bits per heavy atom. The molecule has 0 aliphatic rings. The Morgan fingerprint density at radius 1 is 1.17 bits per heavy atom. The number of pyridine rings is 1. The first kappa shape index (κ1) is 15.0. The second kappa shape index (κ2) is 4.90. The third-order valence-electron chi connectivity index (χ3n) is 1.68. The van der Waals surface area contributed by atoms with E-state index in [0.29, 0.717) is 0 Å². The molecule has 2 nitrogen and oxygen atoms in total. The van der Waals surface area contributed by atoms with Crippen LogP contribution >= 0.6 is 15.9 Å². The van der Waals surface area contributed by atoms with Gasteiger partial charge in [0.25, 0.3) is 0 Å². The van der Waals surface area contributed by atoms with Crippen LogP contribution in [-0.2, 0) is 12.9 Å². The van der Waals surface area contributed by atoms with Crippen molar-refractivity contribution in [2.75, 3.05) is 0 Å². The van der Waals surface area contributed by atoms with Crippen molar-refractivity contribution in [1.29, 1.82) is 0 Å². The lowest BCUT2D eigenvalue weighted by Crippen LogP contribution is -2.20. The number of alkyl halides is 7. The second-order valence-corrected chi connectivity index (χ2v) is 3.72. The fourth-order valence-electron chi connectivity index (χ4n) is 1.01. The van der Waals surface area contributed by atoms with Crippen molar-refractivity contribution in [3.63, 3.8) is 0 Å². The van der Waals surface area contributed by atoms with E-state index >= 15 is 0 Å². The molecule has 0 unspecified atom stereocenters. The number of nitrogens with zero attached hydrogens (tertiary/aromatic N) is 1. The number of hydrogen-bond acceptors (Lipinski definition) is 2. The van der Waals surface area contributed by atoms with Gasteiger partial charge in [-0.2, -0.15) is 13.2 Å². The number of ether oxygens (including phenoxy) is 1. The zero-order valence-corrected chi connectivity index (χ0v) is 9.75. The third kappa shape index (κ3) is 3.72. The van der Waals surface area contributed by atoms with Crippen LogP contribution in [0.3, 0.4) is 0 Å². The molecular formula is C8H3BrF7NO. The molecule has 0 bridgehead atoms. The monoisotopic (exact) mass is 341 g/mol. The van der Waals surface area contributed by atoms with Gasteiger partial charge in [-0.3, -0.25) is 0 Å². The van der Waals surface area contributed by atoms with Crippen LogP contribution in [0.4, 0.5) is 30.7 Å². The summed E-state index contributed by atoms with van der Waals surface area (Å²) in [6.07, 6.45) is -10.0. The van der Waals surface area contributed by atoms with Crippen molar-refractivity contribution in [2.45, 2.75) is 19.2 Å². The molecule has 1 aromatic heterocycles. The smallest absolute Gasteiger partial charge is 0.387 e. The maximum atomic E-state index is 12.4. The lowest BCUT2D eigenvalue weighted by atomic mass is 10.2. The van der Waals surface area contributed by atoms with E-state index in [1.165, 1.54) is 0 Å². The van der Waals surface area contributed by atoms with Crippen molar-refractivity contribution in [3.05, 3.63) is 21.8 Å². The Labute approximate surface area is 104 Å². The van der Waals surface area contributed by atoms with Gasteiger partial charge < -0.3 is 4.74 Å². The van der Waals surface area contributed by atoms with Gasteiger partial charge in [0, 0.05) is 5.56 Å². The molecule has 0 atom stereocenters. The van der Waals surface area contributed by atoms with Crippen LogP contribution in [0.1, 0.15) is 11.1 Å². The molecule has 0 saturated carbocycles. The molecule has 0 fully saturated rings. The molecule has 0 radical (unpaired) electrons. The first-order chi connectivity index (χ1) is 8.04. The maximum Gasteiger partial charge on any atom is 0.574 e. The van der Waals surface area contributed by atoms with E-state index in [0.717, 1.165) is 0 Å². The first-order valence-corrected chi connectivity index (χ1v) is 4.92. The summed E-state index contributed by atoms with van der Waals surface area (Å²) in [5, 5.41) is 0. The zero-order chi connectivity index (χ0) is 14.1. The molecule has 0 N–H and O–H groups in total. The Balaban J connectivity index is 3.28. The summed E-state index contributed by atoms with van der Waals surface area (Å²) in [5.74, 6) is -1.26. The van der Waals surface area contributed by atoms with E-state index in [-0.39, 0.29) is 6.07 Å². The molecule has 102 valence electrons. The summed E-state index contributed by atoms with van der Waals surface area (Å²) in [6, 6.07) is 0.207. The minimum atomic E-state index is -5.17. The maximum absolute atomic E-state index is 12.4. The van der Waals surface area contributed by atoms with Crippen molar-refractivity contribution in [1.82, 2.24) is 4.98 Å².